The predicted molar refractivity (Wildman–Crippen MR) is 121 cm³/mol. The summed E-state index contributed by atoms with van der Waals surface area (Å²) in [6, 6.07) is 6.26. The van der Waals surface area contributed by atoms with E-state index in [0.717, 1.165) is 32.4 Å². The minimum absolute atomic E-state index is 0.0366. The third-order valence-electron chi connectivity index (χ3n) is 5.45. The van der Waals surface area contributed by atoms with E-state index in [1.54, 1.807) is 32.0 Å². The summed E-state index contributed by atoms with van der Waals surface area (Å²) >= 11 is 0. The average molecular weight is 479 g/mol. The summed E-state index contributed by atoms with van der Waals surface area (Å²) in [5.74, 6) is 0.106. The number of amides is 1. The van der Waals surface area contributed by atoms with Gasteiger partial charge in [0.2, 0.25) is 5.88 Å². The van der Waals surface area contributed by atoms with Crippen LogP contribution in [0, 0.1) is 6.92 Å². The molecule has 184 valence electrons. The van der Waals surface area contributed by atoms with Gasteiger partial charge in [-0.05, 0) is 44.4 Å². The number of anilines is 1. The van der Waals surface area contributed by atoms with Crippen molar-refractivity contribution < 1.29 is 27.5 Å². The summed E-state index contributed by atoms with van der Waals surface area (Å²) < 4.78 is 42.5. The molecule has 1 saturated heterocycles. The highest BCUT2D eigenvalue weighted by atomic mass is 19.4. The number of ether oxygens (including phenoxy) is 1. The third-order valence-corrected chi connectivity index (χ3v) is 5.45. The molecule has 0 unspecified atom stereocenters. The quantitative estimate of drug-likeness (QED) is 0.583. The van der Waals surface area contributed by atoms with Crippen LogP contribution in [0.5, 0.6) is 5.88 Å². The number of halogens is 3. The lowest BCUT2D eigenvalue weighted by Gasteiger charge is -2.29. The van der Waals surface area contributed by atoms with Gasteiger partial charge in [0, 0.05) is 61.1 Å². The maximum atomic E-state index is 12.8. The third kappa shape index (κ3) is 7.43. The first-order valence-electron chi connectivity index (χ1n) is 11.4. The van der Waals surface area contributed by atoms with Crippen molar-refractivity contribution in [2.45, 2.75) is 58.7 Å². The number of rotatable bonds is 9. The summed E-state index contributed by atoms with van der Waals surface area (Å²) in [5.41, 5.74) is 2.25. The van der Waals surface area contributed by atoms with Gasteiger partial charge in [-0.15, -0.1) is 0 Å². The van der Waals surface area contributed by atoms with Crippen LogP contribution in [0.3, 0.4) is 0 Å². The van der Waals surface area contributed by atoms with Crippen LogP contribution in [0.4, 0.5) is 19.0 Å². The second-order valence-corrected chi connectivity index (χ2v) is 8.32. The molecule has 1 aliphatic rings. The summed E-state index contributed by atoms with van der Waals surface area (Å²) in [6.45, 7) is 3.72. The SMILES string of the molecule is CCC(=O)Cc1cc(C(=O)NCc2ccc(OCC(F)(F)F)nc2N2CCCCC2)cc(C)n1. The first-order valence-corrected chi connectivity index (χ1v) is 11.4. The maximum absolute atomic E-state index is 12.8. The number of nitrogens with zero attached hydrogens (tertiary/aromatic N) is 3. The Labute approximate surface area is 196 Å². The fraction of sp³-hybridized carbons (Fsp3) is 0.500. The number of ketones is 1. The number of Topliss-reactive ketones (excluding diaryl/α,β-unsaturated/α-hetero) is 1. The van der Waals surface area contributed by atoms with Crippen LogP contribution in [0.2, 0.25) is 0 Å². The first-order chi connectivity index (χ1) is 16.1. The standard InChI is InChI=1S/C24H29F3N4O3/c1-3-20(32)13-19-12-18(11-16(2)29-19)23(33)28-14-17-7-8-21(34-15-24(25,26)27)30-22(17)31-9-5-4-6-10-31/h7-8,11-12H,3-6,9-10,13-15H2,1-2H3,(H,28,33). The summed E-state index contributed by atoms with van der Waals surface area (Å²) in [5, 5.41) is 2.85. The molecule has 0 spiro atoms. The van der Waals surface area contributed by atoms with E-state index in [0.29, 0.717) is 34.8 Å². The molecular weight excluding hydrogens is 449 g/mol. The highest BCUT2D eigenvalue weighted by molar-refractivity contribution is 5.94. The van der Waals surface area contributed by atoms with Gasteiger partial charge in [0.1, 0.15) is 11.6 Å². The topological polar surface area (TPSA) is 84.4 Å². The second-order valence-electron chi connectivity index (χ2n) is 8.32. The van der Waals surface area contributed by atoms with Crippen LogP contribution in [0.15, 0.2) is 24.3 Å². The Balaban J connectivity index is 1.76. The van der Waals surface area contributed by atoms with Crippen molar-refractivity contribution in [1.82, 2.24) is 15.3 Å². The molecule has 0 bridgehead atoms. The lowest BCUT2D eigenvalue weighted by atomic mass is 10.1. The molecule has 0 atom stereocenters. The van der Waals surface area contributed by atoms with E-state index in [2.05, 4.69) is 15.3 Å². The Hall–Kier alpha value is -3.17. The van der Waals surface area contributed by atoms with Crippen LogP contribution in [-0.4, -0.2) is 47.5 Å². The van der Waals surface area contributed by atoms with Crippen LogP contribution in [-0.2, 0) is 17.8 Å². The van der Waals surface area contributed by atoms with Crippen molar-refractivity contribution in [2.75, 3.05) is 24.6 Å². The summed E-state index contributed by atoms with van der Waals surface area (Å²) in [7, 11) is 0. The summed E-state index contributed by atoms with van der Waals surface area (Å²) in [4.78, 5) is 35.3. The molecule has 34 heavy (non-hydrogen) atoms. The van der Waals surface area contributed by atoms with Gasteiger partial charge in [0.25, 0.3) is 5.91 Å². The van der Waals surface area contributed by atoms with Gasteiger partial charge in [-0.2, -0.15) is 18.2 Å². The molecule has 2 aromatic rings. The van der Waals surface area contributed by atoms with E-state index in [1.165, 1.54) is 6.07 Å². The monoisotopic (exact) mass is 478 g/mol. The number of alkyl halides is 3. The predicted octanol–water partition coefficient (Wildman–Crippen LogP) is 4.17. The smallest absolute Gasteiger partial charge is 0.422 e. The van der Waals surface area contributed by atoms with E-state index >= 15 is 0 Å². The zero-order chi connectivity index (χ0) is 24.7. The van der Waals surface area contributed by atoms with Gasteiger partial charge >= 0.3 is 6.18 Å². The summed E-state index contributed by atoms with van der Waals surface area (Å²) in [6.07, 6.45) is -0.902. The van der Waals surface area contributed by atoms with Gasteiger partial charge in [-0.1, -0.05) is 6.92 Å². The Kier molecular flexibility index (Phi) is 8.46. The van der Waals surface area contributed by atoms with E-state index in [1.807, 2.05) is 4.90 Å². The van der Waals surface area contributed by atoms with Crippen molar-refractivity contribution >= 4 is 17.5 Å². The fourth-order valence-electron chi connectivity index (χ4n) is 3.78. The van der Waals surface area contributed by atoms with Crippen molar-refractivity contribution in [3.05, 3.63) is 46.8 Å². The molecule has 7 nitrogen and oxygen atoms in total. The van der Waals surface area contributed by atoms with Gasteiger partial charge in [-0.25, -0.2) is 0 Å². The molecule has 1 N–H and O–H groups in total. The zero-order valence-electron chi connectivity index (χ0n) is 19.4. The van der Waals surface area contributed by atoms with E-state index in [-0.39, 0.29) is 30.5 Å². The van der Waals surface area contributed by atoms with E-state index in [9.17, 15) is 22.8 Å². The molecule has 2 aromatic heterocycles. The number of aromatic nitrogens is 2. The molecular formula is C24H29F3N4O3. The van der Waals surface area contributed by atoms with Crippen LogP contribution in [0.1, 0.15) is 59.9 Å². The minimum Gasteiger partial charge on any atom is -0.468 e. The van der Waals surface area contributed by atoms with E-state index in [4.69, 9.17) is 4.74 Å². The van der Waals surface area contributed by atoms with Gasteiger partial charge in [0.05, 0.1) is 0 Å². The normalized spacial score (nSPS) is 14.1. The highest BCUT2D eigenvalue weighted by Gasteiger charge is 2.29. The Morgan fingerprint density at radius 1 is 1.12 bits per heavy atom. The number of carbonyl (C=O) groups is 2. The van der Waals surface area contributed by atoms with E-state index < -0.39 is 12.8 Å². The Bertz CT molecular complexity index is 1020. The number of piperidine rings is 1. The molecule has 0 aromatic carbocycles. The first kappa shape index (κ1) is 25.5. The Morgan fingerprint density at radius 2 is 1.85 bits per heavy atom. The van der Waals surface area contributed by atoms with Crippen molar-refractivity contribution in [3.8, 4) is 5.88 Å². The van der Waals surface area contributed by atoms with Gasteiger partial charge < -0.3 is 15.0 Å². The second kappa shape index (κ2) is 11.3. The fourth-order valence-corrected chi connectivity index (χ4v) is 3.78. The lowest BCUT2D eigenvalue weighted by Crippen LogP contribution is -2.32. The van der Waals surface area contributed by atoms with Crippen LogP contribution < -0.4 is 15.0 Å². The Morgan fingerprint density at radius 3 is 2.53 bits per heavy atom. The molecule has 10 heteroatoms. The molecule has 3 heterocycles. The van der Waals surface area contributed by atoms with Gasteiger partial charge in [-0.3, -0.25) is 14.6 Å². The largest absolute Gasteiger partial charge is 0.468 e. The number of nitrogens with one attached hydrogen (secondary N) is 1. The minimum atomic E-state index is -4.46. The van der Waals surface area contributed by atoms with Crippen LogP contribution >= 0.6 is 0 Å². The molecule has 0 aliphatic carbocycles. The lowest BCUT2D eigenvalue weighted by molar-refractivity contribution is -0.154. The number of carbonyl (C=O) groups excluding carboxylic acids is 2. The molecule has 0 radical (unpaired) electrons. The molecule has 1 fully saturated rings. The average Bonchev–Trinajstić information content (AvgIpc) is 2.81. The highest BCUT2D eigenvalue weighted by Crippen LogP contribution is 2.26. The van der Waals surface area contributed by atoms with Crippen molar-refractivity contribution in [3.63, 3.8) is 0 Å². The molecule has 0 saturated carbocycles. The van der Waals surface area contributed by atoms with Crippen molar-refractivity contribution in [2.24, 2.45) is 0 Å². The van der Waals surface area contributed by atoms with Crippen molar-refractivity contribution in [1.29, 1.82) is 0 Å². The molecule has 1 amide bonds. The van der Waals surface area contributed by atoms with Crippen LogP contribution in [0.25, 0.3) is 0 Å². The zero-order valence-corrected chi connectivity index (χ0v) is 19.4. The maximum Gasteiger partial charge on any atom is 0.422 e. The number of pyridine rings is 2. The number of aryl methyl sites for hydroxylation is 1. The number of hydrogen-bond acceptors (Lipinski definition) is 6. The number of hydrogen-bond donors (Lipinski definition) is 1. The van der Waals surface area contributed by atoms with Gasteiger partial charge in [0.15, 0.2) is 6.61 Å². The molecule has 3 rings (SSSR count). The molecule has 1 aliphatic heterocycles.